The van der Waals surface area contributed by atoms with Crippen LogP contribution in [0.25, 0.3) is 0 Å². The number of carbonyl (C=O) groups excluding carboxylic acids is 2. The van der Waals surface area contributed by atoms with Gasteiger partial charge in [0.1, 0.15) is 15.2 Å². The van der Waals surface area contributed by atoms with Crippen LogP contribution in [0.5, 0.6) is 0 Å². The first-order valence-corrected chi connectivity index (χ1v) is 10.4. The Morgan fingerprint density at radius 2 is 1.83 bits per heavy atom. The average molecular weight is 510 g/mol. The molecule has 30 heavy (non-hydrogen) atoms. The van der Waals surface area contributed by atoms with Crippen molar-refractivity contribution in [1.82, 2.24) is 9.88 Å². The number of thiazole rings is 1. The summed E-state index contributed by atoms with van der Waals surface area (Å²) in [5.41, 5.74) is -0.588. The molecule has 0 radical (unpaired) electrons. The van der Waals surface area contributed by atoms with Gasteiger partial charge in [-0.2, -0.15) is 13.2 Å². The smallest absolute Gasteiger partial charge is 0.550 e. The summed E-state index contributed by atoms with van der Waals surface area (Å²) < 4.78 is 44.2. The number of hydrogen-bond donors (Lipinski definition) is 0. The van der Waals surface area contributed by atoms with Gasteiger partial charge in [0.15, 0.2) is 0 Å². The molecule has 166 valence electrons. The van der Waals surface area contributed by atoms with Gasteiger partial charge in [0.25, 0.3) is 0 Å². The molecule has 1 atom stereocenters. The molecule has 1 aliphatic rings. The van der Waals surface area contributed by atoms with Gasteiger partial charge in [-0.1, -0.05) is 18.3 Å². The molecule has 0 N–H and O–H groups in total. The normalized spacial score (nSPS) is 16.9. The van der Waals surface area contributed by atoms with Gasteiger partial charge in [0.2, 0.25) is 5.01 Å². The third-order valence-corrected chi connectivity index (χ3v) is 5.66. The predicted octanol–water partition coefficient (Wildman–Crippen LogP) is 0.520. The van der Waals surface area contributed by atoms with Crippen LogP contribution in [0, 0.1) is 0 Å². The molecule has 2 heterocycles. The number of halogens is 4. The number of rotatable bonds is 2. The monoisotopic (exact) mass is 509 g/mol. The number of nitrogens with zero attached hydrogens (tertiary/aromatic N) is 3. The van der Waals surface area contributed by atoms with Crippen LogP contribution in [-0.2, 0) is 15.7 Å². The number of carboxylic acid groups (broad SMARTS) is 1. The van der Waals surface area contributed by atoms with Gasteiger partial charge in [-0.25, -0.2) is 9.78 Å². The van der Waals surface area contributed by atoms with Crippen molar-refractivity contribution in [2.75, 3.05) is 24.5 Å². The van der Waals surface area contributed by atoms with E-state index in [9.17, 15) is 18.0 Å². The van der Waals surface area contributed by atoms with Gasteiger partial charge in [-0.3, -0.25) is 0 Å². The Balaban J connectivity index is 0.00000154. The maximum absolute atomic E-state index is 12.9. The third-order valence-electron chi connectivity index (χ3n) is 3.68. The van der Waals surface area contributed by atoms with Crippen LogP contribution in [0.15, 0.2) is 4.60 Å². The molecule has 1 saturated heterocycles. The van der Waals surface area contributed by atoms with E-state index in [4.69, 9.17) is 14.6 Å². The Morgan fingerprint density at radius 1 is 1.30 bits per heavy atom. The van der Waals surface area contributed by atoms with Crippen LogP contribution in [0.2, 0.25) is 0 Å². The van der Waals surface area contributed by atoms with Crippen molar-refractivity contribution in [2.24, 2.45) is 0 Å². The van der Waals surface area contributed by atoms with Crippen molar-refractivity contribution in [1.29, 1.82) is 0 Å². The van der Waals surface area contributed by atoms with Crippen LogP contribution in [0.1, 0.15) is 46.0 Å². The Morgan fingerprint density at radius 3 is 2.23 bits per heavy atom. The van der Waals surface area contributed by atoms with Gasteiger partial charge in [0, 0.05) is 25.6 Å². The SMILES string of the molecule is CC(=O)[O-].CC[C@@H]1CN(c2sc(C(F)(F)F)nc2Br)CCN1C(=O)OC(C)(C)C.[Li+]. The summed E-state index contributed by atoms with van der Waals surface area (Å²) in [6.07, 6.45) is -4.18. The second-order valence-corrected chi connectivity index (χ2v) is 9.01. The zero-order valence-electron chi connectivity index (χ0n) is 17.8. The molecule has 0 saturated carbocycles. The molecule has 7 nitrogen and oxygen atoms in total. The second-order valence-electron chi connectivity index (χ2n) is 7.29. The van der Waals surface area contributed by atoms with Gasteiger partial charge < -0.3 is 24.4 Å². The minimum Gasteiger partial charge on any atom is -0.550 e. The molecule has 1 amide bonds. The standard InChI is InChI=1S/C15H21BrF3N3O2S.C2H4O2.Li/c1-5-9-8-21(6-7-22(9)13(23)24-14(2,3)4)11-10(16)20-12(25-11)15(17,18)19;1-2(3)4;/h9H,5-8H2,1-4H3;1H3,(H,3,4);/q;;+1/p-1/t9-;;/m1../s1. The molecule has 1 aromatic rings. The quantitative estimate of drug-likeness (QED) is 0.540. The number of carboxylic acids is 1. The molecule has 1 aliphatic heterocycles. The number of amides is 1. The summed E-state index contributed by atoms with van der Waals surface area (Å²) >= 11 is 3.74. The Bertz CT molecular complexity index is 724. The summed E-state index contributed by atoms with van der Waals surface area (Å²) in [5, 5.41) is 8.45. The van der Waals surface area contributed by atoms with E-state index < -0.39 is 28.8 Å². The molecular weight excluding hydrogens is 486 g/mol. The Labute approximate surface area is 198 Å². The summed E-state index contributed by atoms with van der Waals surface area (Å²) in [6, 6.07) is -0.132. The Hall–Kier alpha value is -0.963. The van der Waals surface area contributed by atoms with Crippen LogP contribution < -0.4 is 28.9 Å². The summed E-state index contributed by atoms with van der Waals surface area (Å²) in [4.78, 5) is 28.3. The first kappa shape index (κ1) is 29.0. The van der Waals surface area contributed by atoms with Gasteiger partial charge in [0.05, 0.1) is 6.04 Å². The first-order valence-electron chi connectivity index (χ1n) is 8.81. The number of alkyl halides is 3. The van der Waals surface area contributed by atoms with Crippen molar-refractivity contribution in [3.05, 3.63) is 9.61 Å². The number of anilines is 1. The van der Waals surface area contributed by atoms with E-state index in [0.717, 1.165) is 6.92 Å². The van der Waals surface area contributed by atoms with Gasteiger partial charge in [-0.15, -0.1) is 0 Å². The van der Waals surface area contributed by atoms with Crippen LogP contribution in [-0.4, -0.2) is 53.2 Å². The van der Waals surface area contributed by atoms with E-state index in [1.165, 1.54) is 0 Å². The van der Waals surface area contributed by atoms with E-state index >= 15 is 0 Å². The van der Waals surface area contributed by atoms with Crippen LogP contribution in [0.4, 0.5) is 23.0 Å². The molecule has 1 fully saturated rings. The largest absolute Gasteiger partial charge is 1.00 e. The summed E-state index contributed by atoms with van der Waals surface area (Å²) in [7, 11) is 0. The number of piperazine rings is 1. The minimum absolute atomic E-state index is 0. The van der Waals surface area contributed by atoms with E-state index in [1.54, 1.807) is 25.7 Å². The van der Waals surface area contributed by atoms with Crippen molar-refractivity contribution < 1.29 is 51.5 Å². The number of hydrogen-bond acceptors (Lipinski definition) is 7. The van der Waals surface area contributed by atoms with E-state index in [-0.39, 0.29) is 29.5 Å². The zero-order chi connectivity index (χ0) is 22.6. The zero-order valence-corrected chi connectivity index (χ0v) is 20.2. The topological polar surface area (TPSA) is 85.8 Å². The van der Waals surface area contributed by atoms with Crippen LogP contribution in [0.3, 0.4) is 0 Å². The fraction of sp³-hybridized carbons (Fsp3) is 0.706. The molecule has 2 rings (SSSR count). The summed E-state index contributed by atoms with van der Waals surface area (Å²) in [5.74, 6) is -1.08. The number of aromatic nitrogens is 1. The van der Waals surface area contributed by atoms with Crippen molar-refractivity contribution >= 4 is 44.3 Å². The molecule has 0 bridgehead atoms. The molecule has 13 heteroatoms. The molecule has 0 aromatic carbocycles. The first-order chi connectivity index (χ1) is 13.2. The Kier molecular flexibility index (Phi) is 11.2. The van der Waals surface area contributed by atoms with Crippen LogP contribution >= 0.6 is 27.3 Å². The number of aliphatic carboxylic acids is 1. The van der Waals surface area contributed by atoms with Crippen molar-refractivity contribution in [3.8, 4) is 0 Å². The maximum Gasteiger partial charge on any atom is 1.00 e. The minimum atomic E-state index is -4.46. The molecule has 0 unspecified atom stereocenters. The maximum atomic E-state index is 12.9. The van der Waals surface area contributed by atoms with Crippen molar-refractivity contribution in [3.63, 3.8) is 0 Å². The molecule has 0 aliphatic carbocycles. The van der Waals surface area contributed by atoms with Gasteiger partial charge in [-0.05, 0) is 50.0 Å². The molecular formula is C17H24BrF3LiN3O4S. The third kappa shape index (κ3) is 9.04. The van der Waals surface area contributed by atoms with E-state index in [1.807, 2.05) is 11.8 Å². The number of ether oxygens (including phenoxy) is 1. The fourth-order valence-corrected chi connectivity index (χ4v) is 4.21. The van der Waals surface area contributed by atoms with Crippen molar-refractivity contribution in [2.45, 2.75) is 58.9 Å². The number of carbonyl (C=O) groups is 2. The van der Waals surface area contributed by atoms with E-state index in [0.29, 0.717) is 42.4 Å². The summed E-state index contributed by atoms with van der Waals surface area (Å²) in [6.45, 7) is 9.56. The average Bonchev–Trinajstić information content (AvgIpc) is 2.94. The second kappa shape index (κ2) is 11.6. The molecule has 1 aromatic heterocycles. The van der Waals surface area contributed by atoms with E-state index in [2.05, 4.69) is 20.9 Å². The van der Waals surface area contributed by atoms with Gasteiger partial charge >= 0.3 is 31.1 Å². The fourth-order valence-electron chi connectivity index (χ4n) is 2.56. The molecule has 0 spiro atoms. The predicted molar refractivity (Wildman–Crippen MR) is 105 cm³/mol.